The average Bonchev–Trinajstić information content (AvgIpc) is 2.55. The number of amides is 1. The van der Waals surface area contributed by atoms with Crippen molar-refractivity contribution in [3.8, 4) is 0 Å². The molecule has 1 fully saturated rings. The van der Waals surface area contributed by atoms with E-state index in [1.165, 1.54) is 24.0 Å². The number of nitrogens with one attached hydrogen (secondary N) is 1. The third-order valence-corrected chi connectivity index (χ3v) is 5.17. The molecule has 1 aliphatic heterocycles. The van der Waals surface area contributed by atoms with E-state index in [1.807, 2.05) is 7.05 Å². The number of fused-ring (bicyclic) bond motifs is 1. The fraction of sp³-hybridized carbons (Fsp3) is 0.611. The zero-order valence-electron chi connectivity index (χ0n) is 13.4. The molecule has 22 heavy (non-hydrogen) atoms. The van der Waals surface area contributed by atoms with Gasteiger partial charge in [-0.2, -0.15) is 0 Å². The van der Waals surface area contributed by atoms with Crippen LogP contribution in [0, 0.1) is 0 Å². The molecule has 3 rings (SSSR count). The molecule has 4 heteroatoms. The average molecular weight is 323 g/mol. The van der Waals surface area contributed by atoms with Crippen LogP contribution in [-0.2, 0) is 11.2 Å². The molecule has 1 N–H and O–H groups in total. The Balaban J connectivity index is 0.00000176. The SMILES string of the molecule is CNC1CCN(C(=O)CC2CCCc3ccccc32)CC1.Cl. The van der Waals surface area contributed by atoms with Gasteiger partial charge in [-0.15, -0.1) is 12.4 Å². The van der Waals surface area contributed by atoms with E-state index in [2.05, 4.69) is 34.5 Å². The van der Waals surface area contributed by atoms with Crippen LogP contribution < -0.4 is 5.32 Å². The lowest BCUT2D eigenvalue weighted by Crippen LogP contribution is -2.44. The highest BCUT2D eigenvalue weighted by atomic mass is 35.5. The molecule has 0 radical (unpaired) electrons. The van der Waals surface area contributed by atoms with E-state index in [9.17, 15) is 4.79 Å². The van der Waals surface area contributed by atoms with Crippen molar-refractivity contribution in [3.63, 3.8) is 0 Å². The summed E-state index contributed by atoms with van der Waals surface area (Å²) < 4.78 is 0. The van der Waals surface area contributed by atoms with Crippen molar-refractivity contribution in [2.45, 2.75) is 50.5 Å². The van der Waals surface area contributed by atoms with Gasteiger partial charge in [0.25, 0.3) is 0 Å². The number of benzene rings is 1. The molecular weight excluding hydrogens is 296 g/mol. The quantitative estimate of drug-likeness (QED) is 0.927. The van der Waals surface area contributed by atoms with Gasteiger partial charge < -0.3 is 10.2 Å². The third-order valence-electron chi connectivity index (χ3n) is 5.17. The maximum Gasteiger partial charge on any atom is 0.223 e. The lowest BCUT2D eigenvalue weighted by Gasteiger charge is -2.33. The smallest absolute Gasteiger partial charge is 0.223 e. The first-order valence-corrected chi connectivity index (χ1v) is 8.30. The first kappa shape index (κ1) is 17.3. The number of hydrogen-bond acceptors (Lipinski definition) is 2. The van der Waals surface area contributed by atoms with Crippen molar-refractivity contribution >= 4 is 18.3 Å². The van der Waals surface area contributed by atoms with Gasteiger partial charge in [0.05, 0.1) is 0 Å². The highest BCUT2D eigenvalue weighted by Crippen LogP contribution is 2.34. The number of rotatable bonds is 3. The van der Waals surface area contributed by atoms with Crippen LogP contribution in [0.4, 0.5) is 0 Å². The van der Waals surface area contributed by atoms with Crippen LogP contribution >= 0.6 is 12.4 Å². The first-order valence-electron chi connectivity index (χ1n) is 8.30. The monoisotopic (exact) mass is 322 g/mol. The molecule has 0 bridgehead atoms. The fourth-order valence-electron chi connectivity index (χ4n) is 3.82. The van der Waals surface area contributed by atoms with E-state index in [0.717, 1.165) is 32.4 Å². The van der Waals surface area contributed by atoms with Crippen molar-refractivity contribution in [1.29, 1.82) is 0 Å². The lowest BCUT2D eigenvalue weighted by molar-refractivity contribution is -0.132. The summed E-state index contributed by atoms with van der Waals surface area (Å²) in [7, 11) is 2.01. The minimum absolute atomic E-state index is 0. The largest absolute Gasteiger partial charge is 0.343 e. The Morgan fingerprint density at radius 2 is 1.95 bits per heavy atom. The number of halogens is 1. The number of likely N-dealkylation sites (tertiary alicyclic amines) is 1. The summed E-state index contributed by atoms with van der Waals surface area (Å²) in [6, 6.07) is 9.26. The number of hydrogen-bond donors (Lipinski definition) is 1. The van der Waals surface area contributed by atoms with Crippen molar-refractivity contribution in [2.24, 2.45) is 0 Å². The molecular formula is C18H27ClN2O. The predicted octanol–water partition coefficient (Wildman–Crippen LogP) is 3.13. The minimum atomic E-state index is 0. The Kier molecular flexibility index (Phi) is 6.27. The molecule has 1 aromatic carbocycles. The van der Waals surface area contributed by atoms with Crippen molar-refractivity contribution < 1.29 is 4.79 Å². The predicted molar refractivity (Wildman–Crippen MR) is 92.6 cm³/mol. The molecule has 1 unspecified atom stereocenters. The number of carbonyl (C=O) groups excluding carboxylic acids is 1. The second-order valence-corrected chi connectivity index (χ2v) is 6.44. The Morgan fingerprint density at radius 1 is 1.23 bits per heavy atom. The molecule has 1 atom stereocenters. The molecule has 3 nitrogen and oxygen atoms in total. The van der Waals surface area contributed by atoms with E-state index in [0.29, 0.717) is 24.3 Å². The summed E-state index contributed by atoms with van der Waals surface area (Å²) >= 11 is 0. The molecule has 0 spiro atoms. The lowest BCUT2D eigenvalue weighted by atomic mass is 9.81. The highest BCUT2D eigenvalue weighted by Gasteiger charge is 2.26. The standard InChI is InChI=1S/C18H26N2O.ClH/c1-19-16-9-11-20(12-10-16)18(21)13-15-7-4-6-14-5-2-3-8-17(14)15;/h2-3,5,8,15-16,19H,4,6-7,9-13H2,1H3;1H. The maximum absolute atomic E-state index is 12.6. The second kappa shape index (κ2) is 7.98. The first-order chi connectivity index (χ1) is 10.3. The molecule has 0 saturated carbocycles. The van der Waals surface area contributed by atoms with E-state index in [1.54, 1.807) is 0 Å². The van der Waals surface area contributed by atoms with Gasteiger partial charge in [-0.1, -0.05) is 24.3 Å². The Hall–Kier alpha value is -1.06. The number of carbonyl (C=O) groups is 1. The minimum Gasteiger partial charge on any atom is -0.343 e. The van der Waals surface area contributed by atoms with Gasteiger partial charge in [0.15, 0.2) is 0 Å². The second-order valence-electron chi connectivity index (χ2n) is 6.44. The molecule has 1 aliphatic carbocycles. The van der Waals surface area contributed by atoms with E-state index >= 15 is 0 Å². The topological polar surface area (TPSA) is 32.3 Å². The molecule has 1 saturated heterocycles. The summed E-state index contributed by atoms with van der Waals surface area (Å²) in [5, 5.41) is 3.32. The van der Waals surface area contributed by atoms with E-state index in [4.69, 9.17) is 0 Å². The summed E-state index contributed by atoms with van der Waals surface area (Å²) in [6.45, 7) is 1.83. The molecule has 2 aliphatic rings. The Labute approximate surface area is 139 Å². The van der Waals surface area contributed by atoms with Crippen LogP contribution in [0.1, 0.15) is 49.1 Å². The van der Waals surface area contributed by atoms with Crippen LogP contribution in [0.3, 0.4) is 0 Å². The van der Waals surface area contributed by atoms with Gasteiger partial charge in [-0.3, -0.25) is 4.79 Å². The summed E-state index contributed by atoms with van der Waals surface area (Å²) in [4.78, 5) is 14.7. The molecule has 1 amide bonds. The molecule has 0 aromatic heterocycles. The van der Waals surface area contributed by atoms with E-state index in [-0.39, 0.29) is 12.4 Å². The summed E-state index contributed by atoms with van der Waals surface area (Å²) in [5.41, 5.74) is 2.87. The van der Waals surface area contributed by atoms with Crippen molar-refractivity contribution in [1.82, 2.24) is 10.2 Å². The fourth-order valence-corrected chi connectivity index (χ4v) is 3.82. The number of piperidine rings is 1. The van der Waals surface area contributed by atoms with Gasteiger partial charge in [0.1, 0.15) is 0 Å². The van der Waals surface area contributed by atoms with Crippen LogP contribution in [0.15, 0.2) is 24.3 Å². The van der Waals surface area contributed by atoms with Crippen LogP contribution in [0.2, 0.25) is 0 Å². The van der Waals surface area contributed by atoms with Gasteiger partial charge >= 0.3 is 0 Å². The zero-order chi connectivity index (χ0) is 14.7. The molecule has 1 aromatic rings. The summed E-state index contributed by atoms with van der Waals surface area (Å²) in [6.07, 6.45) is 6.43. The highest BCUT2D eigenvalue weighted by molar-refractivity contribution is 5.85. The van der Waals surface area contributed by atoms with Gasteiger partial charge in [-0.25, -0.2) is 0 Å². The number of aryl methyl sites for hydroxylation is 1. The Bertz CT molecular complexity index is 498. The van der Waals surface area contributed by atoms with Gasteiger partial charge in [0.2, 0.25) is 5.91 Å². The maximum atomic E-state index is 12.6. The Morgan fingerprint density at radius 3 is 2.68 bits per heavy atom. The summed E-state index contributed by atoms with van der Waals surface area (Å²) in [5.74, 6) is 0.788. The van der Waals surface area contributed by atoms with Crippen molar-refractivity contribution in [3.05, 3.63) is 35.4 Å². The van der Waals surface area contributed by atoms with Crippen LogP contribution in [0.25, 0.3) is 0 Å². The van der Waals surface area contributed by atoms with Gasteiger partial charge in [0, 0.05) is 25.6 Å². The molecule has 122 valence electrons. The zero-order valence-corrected chi connectivity index (χ0v) is 14.2. The van der Waals surface area contributed by atoms with Crippen molar-refractivity contribution in [2.75, 3.05) is 20.1 Å². The third kappa shape index (κ3) is 3.82. The van der Waals surface area contributed by atoms with E-state index < -0.39 is 0 Å². The molecule has 1 heterocycles. The van der Waals surface area contributed by atoms with Gasteiger partial charge in [-0.05, 0) is 56.2 Å². The van der Waals surface area contributed by atoms with Crippen LogP contribution in [0.5, 0.6) is 0 Å². The normalized spacial score (nSPS) is 21.9. The number of nitrogens with zero attached hydrogens (tertiary/aromatic N) is 1. The van der Waals surface area contributed by atoms with Crippen LogP contribution in [-0.4, -0.2) is 37.0 Å².